The van der Waals surface area contributed by atoms with Crippen LogP contribution in [0.2, 0.25) is 0 Å². The number of methoxy groups -OCH3 is 1. The van der Waals surface area contributed by atoms with Gasteiger partial charge < -0.3 is 16.2 Å². The molecular formula is C25H18BrF3N6O4. The molecule has 5 rings (SSSR count). The Bertz CT molecular complexity index is 1750. The number of rotatable bonds is 4. The molecule has 39 heavy (non-hydrogen) atoms. The lowest BCUT2D eigenvalue weighted by molar-refractivity contribution is -0.137. The maximum absolute atomic E-state index is 13.4. The first kappa shape index (κ1) is 27.3. The third kappa shape index (κ3) is 5.60. The number of fused-ring (bicyclic) bond motifs is 2. The van der Waals surface area contributed by atoms with Crippen LogP contribution in [0.15, 0.2) is 71.7 Å². The minimum absolute atomic E-state index is 0.0123. The highest BCUT2D eigenvalue weighted by atomic mass is 79.9. The SMILES string of the molecule is COC(=O)c1ccc(C(F)(F)F)c(-c2ccn3c(C(N)=O)ncc3c2)c1.NC(=O)c1ncc2cc(Br)ccn12. The number of hydrogen-bond donors (Lipinski definition) is 2. The number of carbonyl (C=O) groups is 3. The number of benzene rings is 1. The van der Waals surface area contributed by atoms with E-state index in [-0.39, 0.29) is 28.3 Å². The van der Waals surface area contributed by atoms with Gasteiger partial charge in [-0.05, 0) is 53.6 Å². The molecule has 4 heterocycles. The molecule has 1 aromatic carbocycles. The van der Waals surface area contributed by atoms with Crippen LogP contribution in [-0.2, 0) is 10.9 Å². The number of halogens is 4. The second kappa shape index (κ2) is 10.6. The highest BCUT2D eigenvalue weighted by Crippen LogP contribution is 2.38. The summed E-state index contributed by atoms with van der Waals surface area (Å²) in [5, 5.41) is 0. The highest BCUT2D eigenvalue weighted by Gasteiger charge is 2.34. The number of esters is 1. The Kier molecular flexibility index (Phi) is 7.40. The van der Waals surface area contributed by atoms with Gasteiger partial charge in [0.15, 0.2) is 0 Å². The van der Waals surface area contributed by atoms with E-state index in [1.165, 1.54) is 28.9 Å². The molecule has 14 heteroatoms. The predicted molar refractivity (Wildman–Crippen MR) is 137 cm³/mol. The van der Waals surface area contributed by atoms with E-state index in [4.69, 9.17) is 11.5 Å². The topological polar surface area (TPSA) is 147 Å². The molecule has 2 amide bonds. The van der Waals surface area contributed by atoms with Crippen molar-refractivity contribution in [1.29, 1.82) is 0 Å². The highest BCUT2D eigenvalue weighted by molar-refractivity contribution is 9.10. The van der Waals surface area contributed by atoms with Crippen molar-refractivity contribution in [3.63, 3.8) is 0 Å². The summed E-state index contributed by atoms with van der Waals surface area (Å²) in [7, 11) is 1.14. The molecule has 200 valence electrons. The van der Waals surface area contributed by atoms with Gasteiger partial charge in [-0.1, -0.05) is 15.9 Å². The molecule has 0 atom stereocenters. The Morgan fingerprint density at radius 3 is 1.97 bits per heavy atom. The van der Waals surface area contributed by atoms with E-state index in [9.17, 15) is 27.6 Å². The lowest BCUT2D eigenvalue weighted by Gasteiger charge is -2.14. The van der Waals surface area contributed by atoms with Crippen LogP contribution in [0.1, 0.15) is 37.2 Å². The minimum Gasteiger partial charge on any atom is -0.465 e. The number of pyridine rings is 2. The molecule has 5 aromatic rings. The Labute approximate surface area is 226 Å². The van der Waals surface area contributed by atoms with Gasteiger partial charge in [0, 0.05) is 16.9 Å². The van der Waals surface area contributed by atoms with Crippen LogP contribution in [0.5, 0.6) is 0 Å². The number of ether oxygens (including phenoxy) is 1. The summed E-state index contributed by atoms with van der Waals surface area (Å²) >= 11 is 3.32. The second-order valence-corrected chi connectivity index (χ2v) is 8.91. The maximum atomic E-state index is 13.4. The molecule has 0 radical (unpaired) electrons. The fourth-order valence-corrected chi connectivity index (χ4v) is 4.13. The summed E-state index contributed by atoms with van der Waals surface area (Å²) in [6.45, 7) is 0. The van der Waals surface area contributed by atoms with E-state index in [1.807, 2.05) is 12.1 Å². The molecule has 0 aliphatic rings. The largest absolute Gasteiger partial charge is 0.465 e. The fourth-order valence-electron chi connectivity index (χ4n) is 3.78. The lowest BCUT2D eigenvalue weighted by Crippen LogP contribution is -2.15. The van der Waals surface area contributed by atoms with Gasteiger partial charge in [-0.2, -0.15) is 13.2 Å². The van der Waals surface area contributed by atoms with E-state index in [1.54, 1.807) is 16.8 Å². The van der Waals surface area contributed by atoms with Crippen LogP contribution in [-0.4, -0.2) is 43.7 Å². The standard InChI is InChI=1S/C17H12F3N3O3.C8H6BrN3O/c1-26-16(25)10-2-3-13(17(18,19)20)12(7-10)9-4-5-23-11(6-9)8-22-15(23)14(21)24;9-5-1-2-12-6(3-5)4-11-8(12)7(10)13/h2-8H,1H3,(H2,21,24);1-4H,(H2,10,13). The van der Waals surface area contributed by atoms with Crippen LogP contribution in [0, 0.1) is 0 Å². The Morgan fingerprint density at radius 1 is 0.872 bits per heavy atom. The molecular weight excluding hydrogens is 585 g/mol. The quantitative estimate of drug-likeness (QED) is 0.296. The zero-order valence-corrected chi connectivity index (χ0v) is 21.5. The normalized spacial score (nSPS) is 11.2. The van der Waals surface area contributed by atoms with Crippen LogP contribution < -0.4 is 11.5 Å². The number of nitrogens with zero attached hydrogens (tertiary/aromatic N) is 4. The van der Waals surface area contributed by atoms with Crippen molar-refractivity contribution in [2.24, 2.45) is 11.5 Å². The average Bonchev–Trinajstić information content (AvgIpc) is 3.51. The molecule has 0 saturated carbocycles. The Morgan fingerprint density at radius 2 is 1.44 bits per heavy atom. The van der Waals surface area contributed by atoms with Gasteiger partial charge in [0.05, 0.1) is 41.7 Å². The molecule has 0 fully saturated rings. The third-order valence-corrected chi connectivity index (χ3v) is 6.02. The van der Waals surface area contributed by atoms with E-state index >= 15 is 0 Å². The van der Waals surface area contributed by atoms with Crippen molar-refractivity contribution in [3.8, 4) is 11.1 Å². The van der Waals surface area contributed by atoms with Crippen LogP contribution in [0.3, 0.4) is 0 Å². The van der Waals surface area contributed by atoms with Crippen molar-refractivity contribution in [1.82, 2.24) is 18.8 Å². The summed E-state index contributed by atoms with van der Waals surface area (Å²) in [6, 6.07) is 9.49. The number of nitrogens with two attached hydrogens (primary N) is 2. The molecule has 4 aromatic heterocycles. The van der Waals surface area contributed by atoms with Gasteiger partial charge >= 0.3 is 12.1 Å². The number of imidazole rings is 2. The van der Waals surface area contributed by atoms with Crippen molar-refractivity contribution in [2.75, 3.05) is 7.11 Å². The van der Waals surface area contributed by atoms with Crippen LogP contribution in [0.25, 0.3) is 22.2 Å². The monoisotopic (exact) mass is 602 g/mol. The van der Waals surface area contributed by atoms with Gasteiger partial charge in [-0.15, -0.1) is 0 Å². The summed E-state index contributed by atoms with van der Waals surface area (Å²) in [5.74, 6) is -1.82. The second-order valence-electron chi connectivity index (χ2n) is 7.99. The number of alkyl halides is 3. The Hall–Kier alpha value is -4.72. The molecule has 0 bridgehead atoms. The number of aromatic nitrogens is 4. The number of hydrogen-bond acceptors (Lipinski definition) is 6. The third-order valence-electron chi connectivity index (χ3n) is 5.52. The first-order chi connectivity index (χ1) is 18.4. The molecule has 10 nitrogen and oxygen atoms in total. The van der Waals surface area contributed by atoms with Crippen LogP contribution in [0.4, 0.5) is 13.2 Å². The van der Waals surface area contributed by atoms with Gasteiger partial charge in [-0.25, -0.2) is 14.8 Å². The van der Waals surface area contributed by atoms with Crippen LogP contribution >= 0.6 is 15.9 Å². The number of amides is 2. The average molecular weight is 603 g/mol. The van der Waals surface area contributed by atoms with Crippen molar-refractivity contribution < 1.29 is 32.3 Å². The molecule has 0 spiro atoms. The summed E-state index contributed by atoms with van der Waals surface area (Å²) < 4.78 is 48.7. The van der Waals surface area contributed by atoms with Gasteiger partial charge in [-0.3, -0.25) is 18.4 Å². The predicted octanol–water partition coefficient (Wildman–Crippen LogP) is 4.10. The lowest BCUT2D eigenvalue weighted by atomic mass is 9.97. The smallest absolute Gasteiger partial charge is 0.417 e. The summed E-state index contributed by atoms with van der Waals surface area (Å²) in [4.78, 5) is 41.6. The Balaban J connectivity index is 0.000000226. The molecule has 0 aliphatic carbocycles. The number of primary amides is 2. The first-order valence-corrected chi connectivity index (χ1v) is 11.7. The van der Waals surface area contributed by atoms with Crippen molar-refractivity contribution in [3.05, 3.63) is 94.5 Å². The number of carbonyl (C=O) groups excluding carboxylic acids is 3. The molecule has 0 unspecified atom stereocenters. The van der Waals surface area contributed by atoms with E-state index < -0.39 is 29.5 Å². The van der Waals surface area contributed by atoms with Crippen molar-refractivity contribution in [2.45, 2.75) is 6.18 Å². The zero-order valence-electron chi connectivity index (χ0n) is 19.9. The summed E-state index contributed by atoms with van der Waals surface area (Å²) in [5.41, 5.74) is 10.6. The van der Waals surface area contributed by atoms with Gasteiger partial charge in [0.25, 0.3) is 11.8 Å². The summed E-state index contributed by atoms with van der Waals surface area (Å²) in [6.07, 6.45) is 1.44. The first-order valence-electron chi connectivity index (χ1n) is 10.9. The van der Waals surface area contributed by atoms with E-state index in [2.05, 4.69) is 30.6 Å². The zero-order chi connectivity index (χ0) is 28.5. The van der Waals surface area contributed by atoms with E-state index in [0.29, 0.717) is 5.52 Å². The fraction of sp³-hybridized carbons (Fsp3) is 0.0800. The van der Waals surface area contributed by atoms with Crippen molar-refractivity contribution >= 4 is 44.7 Å². The maximum Gasteiger partial charge on any atom is 0.417 e. The van der Waals surface area contributed by atoms with Gasteiger partial charge in [0.1, 0.15) is 0 Å². The minimum atomic E-state index is -4.62. The van der Waals surface area contributed by atoms with Gasteiger partial charge in [0.2, 0.25) is 11.6 Å². The van der Waals surface area contributed by atoms with E-state index in [0.717, 1.165) is 35.3 Å². The molecule has 4 N–H and O–H groups in total. The molecule has 0 saturated heterocycles. The molecule has 0 aliphatic heterocycles.